The summed E-state index contributed by atoms with van der Waals surface area (Å²) in [5, 5.41) is 20.9. The van der Waals surface area contributed by atoms with Gasteiger partial charge in [-0.15, -0.1) is 0 Å². The van der Waals surface area contributed by atoms with Gasteiger partial charge in [0.05, 0.1) is 5.56 Å². The molecule has 0 aromatic heterocycles. The Hall–Kier alpha value is -1.79. The molecule has 1 aliphatic heterocycles. The van der Waals surface area contributed by atoms with E-state index in [1.165, 1.54) is 18.2 Å². The van der Waals surface area contributed by atoms with Crippen molar-refractivity contribution in [2.45, 2.75) is 6.42 Å². The Morgan fingerprint density at radius 2 is 2.15 bits per heavy atom. The van der Waals surface area contributed by atoms with Gasteiger partial charge >= 0.3 is 12.0 Å². The van der Waals surface area contributed by atoms with Crippen LogP contribution in [0.4, 0.5) is 10.5 Å². The first kappa shape index (κ1) is 14.6. The average molecular weight is 299 g/mol. The number of carboxylic acid groups (broad SMARTS) is 1. The fraction of sp³-hybridized carbons (Fsp3) is 0.385. The molecule has 0 bridgehead atoms. The van der Waals surface area contributed by atoms with Crippen LogP contribution in [0.3, 0.4) is 0 Å². The van der Waals surface area contributed by atoms with Crippen molar-refractivity contribution in [2.75, 3.05) is 25.0 Å². The number of nitrogens with one attached hydrogen (secondary N) is 1. The third-order valence-electron chi connectivity index (χ3n) is 3.23. The number of carbonyl (C=O) groups excluding carboxylic acids is 1. The first-order valence-corrected chi connectivity index (χ1v) is 6.58. The van der Waals surface area contributed by atoms with Gasteiger partial charge in [-0.2, -0.15) is 0 Å². The summed E-state index contributed by atoms with van der Waals surface area (Å²) in [6.45, 7) is 1.13. The number of aliphatic hydroxyl groups excluding tert-OH is 1. The first-order chi connectivity index (χ1) is 9.49. The van der Waals surface area contributed by atoms with Gasteiger partial charge in [0, 0.05) is 36.3 Å². The summed E-state index contributed by atoms with van der Waals surface area (Å²) in [6, 6.07) is 3.84. The molecule has 1 fully saturated rings. The lowest BCUT2D eigenvalue weighted by molar-refractivity contribution is 0.0697. The van der Waals surface area contributed by atoms with Crippen LogP contribution in [0.25, 0.3) is 0 Å². The first-order valence-electron chi connectivity index (χ1n) is 6.20. The number of hydrogen-bond acceptors (Lipinski definition) is 3. The van der Waals surface area contributed by atoms with Gasteiger partial charge in [0.15, 0.2) is 0 Å². The highest BCUT2D eigenvalue weighted by Gasteiger charge is 2.25. The number of aromatic carboxylic acids is 1. The van der Waals surface area contributed by atoms with Gasteiger partial charge in [-0.3, -0.25) is 0 Å². The molecule has 0 radical (unpaired) electrons. The van der Waals surface area contributed by atoms with Crippen molar-refractivity contribution in [3.8, 4) is 0 Å². The fourth-order valence-electron chi connectivity index (χ4n) is 2.15. The van der Waals surface area contributed by atoms with Crippen LogP contribution in [0.5, 0.6) is 0 Å². The highest BCUT2D eigenvalue weighted by atomic mass is 35.5. The molecule has 3 N–H and O–H groups in total. The molecule has 2 amide bonds. The molecule has 20 heavy (non-hydrogen) atoms. The molecule has 1 aromatic carbocycles. The predicted octanol–water partition coefficient (Wildman–Crippen LogP) is 1.88. The van der Waals surface area contributed by atoms with Crippen LogP contribution in [-0.4, -0.2) is 46.8 Å². The number of carbonyl (C=O) groups is 2. The Balaban J connectivity index is 2.06. The third-order valence-corrected chi connectivity index (χ3v) is 3.45. The zero-order valence-electron chi connectivity index (χ0n) is 10.7. The van der Waals surface area contributed by atoms with E-state index in [9.17, 15) is 9.59 Å². The molecule has 1 aliphatic rings. The number of hydrogen-bond donors (Lipinski definition) is 3. The quantitative estimate of drug-likeness (QED) is 0.795. The fourth-order valence-corrected chi connectivity index (χ4v) is 2.39. The summed E-state index contributed by atoms with van der Waals surface area (Å²) in [5.74, 6) is -1.00. The van der Waals surface area contributed by atoms with Gasteiger partial charge in [-0.1, -0.05) is 11.6 Å². The van der Waals surface area contributed by atoms with Crippen LogP contribution < -0.4 is 5.32 Å². The van der Waals surface area contributed by atoms with E-state index in [4.69, 9.17) is 21.8 Å². The number of benzene rings is 1. The van der Waals surface area contributed by atoms with Gasteiger partial charge in [-0.05, 0) is 24.6 Å². The van der Waals surface area contributed by atoms with E-state index >= 15 is 0 Å². The number of anilines is 1. The van der Waals surface area contributed by atoms with Gasteiger partial charge in [0.2, 0.25) is 0 Å². The minimum atomic E-state index is -1.11. The molecule has 0 aliphatic carbocycles. The van der Waals surface area contributed by atoms with Gasteiger partial charge in [0.1, 0.15) is 0 Å². The zero-order valence-corrected chi connectivity index (χ0v) is 11.4. The van der Waals surface area contributed by atoms with E-state index in [1.807, 2.05) is 0 Å². The minimum Gasteiger partial charge on any atom is -0.478 e. The van der Waals surface area contributed by atoms with Crippen LogP contribution in [0.15, 0.2) is 18.2 Å². The molecule has 1 unspecified atom stereocenters. The Bertz CT molecular complexity index is 535. The SMILES string of the molecule is O=C(O)c1cc(Cl)cc(NC(=O)N2CCC(CO)C2)c1. The lowest BCUT2D eigenvalue weighted by Gasteiger charge is -2.17. The molecule has 1 saturated heterocycles. The Morgan fingerprint density at radius 1 is 1.40 bits per heavy atom. The number of aliphatic hydroxyl groups is 1. The normalized spacial score (nSPS) is 18.1. The molecule has 1 heterocycles. The van der Waals surface area contributed by atoms with Crippen molar-refractivity contribution >= 4 is 29.3 Å². The van der Waals surface area contributed by atoms with E-state index in [2.05, 4.69) is 5.32 Å². The Kier molecular flexibility index (Phi) is 4.46. The predicted molar refractivity (Wildman–Crippen MR) is 74.2 cm³/mol. The number of rotatable bonds is 3. The number of amides is 2. The number of nitrogens with zero attached hydrogens (tertiary/aromatic N) is 1. The summed E-state index contributed by atoms with van der Waals surface area (Å²) in [7, 11) is 0. The molecular formula is C13H15ClN2O4. The molecule has 6 nitrogen and oxygen atoms in total. The van der Waals surface area contributed by atoms with Gasteiger partial charge < -0.3 is 20.4 Å². The summed E-state index contributed by atoms with van der Waals surface area (Å²) < 4.78 is 0. The maximum atomic E-state index is 12.0. The topological polar surface area (TPSA) is 89.9 Å². The van der Waals surface area contributed by atoms with Crippen LogP contribution in [0.1, 0.15) is 16.8 Å². The Labute approximate surface area is 121 Å². The van der Waals surface area contributed by atoms with E-state index < -0.39 is 5.97 Å². The number of urea groups is 1. The van der Waals surface area contributed by atoms with Crippen LogP contribution in [-0.2, 0) is 0 Å². The van der Waals surface area contributed by atoms with Gasteiger partial charge in [0.25, 0.3) is 0 Å². The summed E-state index contributed by atoms with van der Waals surface area (Å²) in [5.41, 5.74) is 0.356. The molecular weight excluding hydrogens is 284 g/mol. The highest BCUT2D eigenvalue weighted by molar-refractivity contribution is 6.31. The third kappa shape index (κ3) is 3.40. The average Bonchev–Trinajstić information content (AvgIpc) is 2.86. The summed E-state index contributed by atoms with van der Waals surface area (Å²) in [6.07, 6.45) is 0.764. The van der Waals surface area contributed by atoms with E-state index in [1.54, 1.807) is 4.90 Å². The highest BCUT2D eigenvalue weighted by Crippen LogP contribution is 2.21. The monoisotopic (exact) mass is 298 g/mol. The summed E-state index contributed by atoms with van der Waals surface area (Å²) >= 11 is 5.82. The van der Waals surface area contributed by atoms with Crippen LogP contribution >= 0.6 is 11.6 Å². The van der Waals surface area contributed by atoms with Gasteiger partial charge in [-0.25, -0.2) is 9.59 Å². The van der Waals surface area contributed by atoms with Crippen molar-refractivity contribution in [3.05, 3.63) is 28.8 Å². The van der Waals surface area contributed by atoms with Crippen molar-refractivity contribution in [2.24, 2.45) is 5.92 Å². The van der Waals surface area contributed by atoms with Crippen LogP contribution in [0.2, 0.25) is 5.02 Å². The second-order valence-electron chi connectivity index (χ2n) is 4.75. The largest absolute Gasteiger partial charge is 0.478 e. The van der Waals surface area contributed by atoms with E-state index in [0.29, 0.717) is 18.8 Å². The Morgan fingerprint density at radius 3 is 2.75 bits per heavy atom. The summed E-state index contributed by atoms with van der Waals surface area (Å²) in [4.78, 5) is 24.5. The molecule has 7 heteroatoms. The zero-order chi connectivity index (χ0) is 14.7. The van der Waals surface area contributed by atoms with Crippen LogP contribution in [0, 0.1) is 5.92 Å². The number of carboxylic acids is 1. The second-order valence-corrected chi connectivity index (χ2v) is 5.18. The smallest absolute Gasteiger partial charge is 0.335 e. The molecule has 108 valence electrons. The van der Waals surface area contributed by atoms with Crippen molar-refractivity contribution in [1.29, 1.82) is 0 Å². The maximum Gasteiger partial charge on any atom is 0.335 e. The van der Waals surface area contributed by atoms with Crippen molar-refractivity contribution < 1.29 is 19.8 Å². The minimum absolute atomic E-state index is 0.0162. The molecule has 1 aromatic rings. The lowest BCUT2D eigenvalue weighted by Crippen LogP contribution is -2.33. The number of likely N-dealkylation sites (tertiary alicyclic amines) is 1. The molecule has 2 rings (SSSR count). The van der Waals surface area contributed by atoms with Crippen molar-refractivity contribution in [3.63, 3.8) is 0 Å². The second kappa shape index (κ2) is 6.11. The molecule has 1 atom stereocenters. The standard InChI is InChI=1S/C13H15ClN2O4/c14-10-3-9(12(18)19)4-11(5-10)15-13(20)16-2-1-8(6-16)7-17/h3-5,8,17H,1-2,6-7H2,(H,15,20)(H,18,19). The lowest BCUT2D eigenvalue weighted by atomic mass is 10.1. The molecule has 0 saturated carbocycles. The van der Waals surface area contributed by atoms with E-state index in [-0.39, 0.29) is 29.1 Å². The molecule has 0 spiro atoms. The number of halogens is 1. The van der Waals surface area contributed by atoms with Crippen molar-refractivity contribution in [1.82, 2.24) is 4.90 Å². The maximum absolute atomic E-state index is 12.0. The van der Waals surface area contributed by atoms with E-state index in [0.717, 1.165) is 6.42 Å².